The van der Waals surface area contributed by atoms with Crippen LogP contribution in [0.2, 0.25) is 0 Å². The maximum atomic E-state index is 13.3. The predicted octanol–water partition coefficient (Wildman–Crippen LogP) is 4.48. The van der Waals surface area contributed by atoms with Gasteiger partial charge in [-0.25, -0.2) is 12.4 Å². The normalized spacial score (nSPS) is 11.8. The molecule has 4 rings (SSSR count). The smallest absolute Gasteiger partial charge is 0.269 e. The van der Waals surface area contributed by atoms with Crippen LogP contribution in [0.5, 0.6) is 0 Å². The van der Waals surface area contributed by atoms with Crippen LogP contribution >= 0.6 is 0 Å². The molecule has 0 atom stereocenters. The minimum Gasteiger partial charge on any atom is -0.399 e. The highest BCUT2D eigenvalue weighted by Crippen LogP contribution is 2.31. The molecule has 0 radical (unpaired) electrons. The Labute approximate surface area is 164 Å². The molecule has 0 aliphatic rings. The van der Waals surface area contributed by atoms with E-state index in [4.69, 9.17) is 5.73 Å². The summed E-state index contributed by atoms with van der Waals surface area (Å²) in [4.78, 5) is 4.14. The Morgan fingerprint density at radius 1 is 1.04 bits per heavy atom. The van der Waals surface area contributed by atoms with E-state index < -0.39 is 10.0 Å². The molecule has 142 valence electrons. The molecule has 0 aliphatic carbocycles. The van der Waals surface area contributed by atoms with Crippen LogP contribution in [0.1, 0.15) is 18.9 Å². The topological polar surface area (TPSA) is 78.0 Å². The van der Waals surface area contributed by atoms with Crippen LogP contribution in [0.15, 0.2) is 78.1 Å². The molecule has 0 saturated heterocycles. The molecule has 2 N–H and O–H groups in total. The lowest BCUT2D eigenvalue weighted by Gasteiger charge is -2.08. The Kier molecular flexibility index (Phi) is 4.65. The summed E-state index contributed by atoms with van der Waals surface area (Å²) in [5.41, 5.74) is 10.1. The van der Waals surface area contributed by atoms with Crippen molar-refractivity contribution in [2.45, 2.75) is 24.7 Å². The van der Waals surface area contributed by atoms with E-state index in [2.05, 4.69) is 11.9 Å². The van der Waals surface area contributed by atoms with Gasteiger partial charge in [-0.1, -0.05) is 37.6 Å². The molecule has 6 heteroatoms. The van der Waals surface area contributed by atoms with E-state index in [0.29, 0.717) is 11.2 Å². The van der Waals surface area contributed by atoms with Crippen LogP contribution in [0, 0.1) is 0 Å². The van der Waals surface area contributed by atoms with Gasteiger partial charge in [-0.15, -0.1) is 0 Å². The standard InChI is InChI=1S/C22H21N3O2S/c1-2-4-18-15-25(28(26,27)20-5-3-12-24-14-20)22-13-17(8-11-21(18)22)16-6-9-19(23)10-7-16/h3,5-15H,2,4,23H2,1H3. The van der Waals surface area contributed by atoms with Gasteiger partial charge in [0.25, 0.3) is 10.0 Å². The van der Waals surface area contributed by atoms with Crippen molar-refractivity contribution in [1.82, 2.24) is 8.96 Å². The number of fused-ring (bicyclic) bond motifs is 1. The minimum absolute atomic E-state index is 0.174. The molecule has 0 unspecified atom stereocenters. The van der Waals surface area contributed by atoms with Crippen molar-refractivity contribution in [2.75, 3.05) is 5.73 Å². The lowest BCUT2D eigenvalue weighted by atomic mass is 10.0. The van der Waals surface area contributed by atoms with Gasteiger partial charge >= 0.3 is 0 Å². The molecular formula is C22H21N3O2S. The van der Waals surface area contributed by atoms with Crippen LogP contribution < -0.4 is 5.73 Å². The number of nitrogens with two attached hydrogens (primary N) is 1. The molecule has 2 aromatic heterocycles. The summed E-state index contributed by atoms with van der Waals surface area (Å²) >= 11 is 0. The number of aryl methyl sites for hydroxylation is 1. The fourth-order valence-corrected chi connectivity index (χ4v) is 4.75. The lowest BCUT2D eigenvalue weighted by Crippen LogP contribution is -2.12. The highest BCUT2D eigenvalue weighted by Gasteiger charge is 2.21. The molecule has 5 nitrogen and oxygen atoms in total. The van der Waals surface area contributed by atoms with Gasteiger partial charge in [0.05, 0.1) is 5.52 Å². The quantitative estimate of drug-likeness (QED) is 0.509. The molecule has 0 spiro atoms. The van der Waals surface area contributed by atoms with Gasteiger partial charge in [0.2, 0.25) is 0 Å². The lowest BCUT2D eigenvalue weighted by molar-refractivity contribution is 0.588. The Morgan fingerprint density at radius 3 is 2.46 bits per heavy atom. The third-order valence-electron chi connectivity index (χ3n) is 4.81. The van der Waals surface area contributed by atoms with E-state index in [1.807, 2.05) is 42.5 Å². The summed E-state index contributed by atoms with van der Waals surface area (Å²) in [6.07, 6.45) is 6.43. The number of hydrogen-bond donors (Lipinski definition) is 1. The molecule has 4 aromatic rings. The summed E-state index contributed by atoms with van der Waals surface area (Å²) in [6.45, 7) is 2.08. The summed E-state index contributed by atoms with van der Waals surface area (Å²) < 4.78 is 27.9. The molecule has 0 bridgehead atoms. The summed E-state index contributed by atoms with van der Waals surface area (Å²) in [6, 6.07) is 16.7. The van der Waals surface area contributed by atoms with E-state index >= 15 is 0 Å². The number of anilines is 1. The zero-order valence-electron chi connectivity index (χ0n) is 15.5. The first-order valence-corrected chi connectivity index (χ1v) is 10.6. The Hall–Kier alpha value is -3.12. The predicted molar refractivity (Wildman–Crippen MR) is 113 cm³/mol. The summed E-state index contributed by atoms with van der Waals surface area (Å²) in [5.74, 6) is 0. The number of aromatic nitrogens is 2. The number of hydrogen-bond acceptors (Lipinski definition) is 4. The fourth-order valence-electron chi connectivity index (χ4n) is 3.40. The highest BCUT2D eigenvalue weighted by molar-refractivity contribution is 7.90. The van der Waals surface area contributed by atoms with Crippen LogP contribution in [-0.4, -0.2) is 17.4 Å². The molecule has 28 heavy (non-hydrogen) atoms. The number of benzene rings is 2. The van der Waals surface area contributed by atoms with Crippen molar-refractivity contribution in [2.24, 2.45) is 0 Å². The van der Waals surface area contributed by atoms with Crippen molar-refractivity contribution in [3.8, 4) is 11.1 Å². The number of pyridine rings is 1. The SMILES string of the molecule is CCCc1cn(S(=O)(=O)c2cccnc2)c2cc(-c3ccc(N)cc3)ccc12. The van der Waals surface area contributed by atoms with Crippen molar-refractivity contribution < 1.29 is 8.42 Å². The summed E-state index contributed by atoms with van der Waals surface area (Å²) in [7, 11) is -3.73. The fraction of sp³-hybridized carbons (Fsp3) is 0.136. The second-order valence-electron chi connectivity index (χ2n) is 6.75. The minimum atomic E-state index is -3.73. The highest BCUT2D eigenvalue weighted by atomic mass is 32.2. The van der Waals surface area contributed by atoms with Crippen molar-refractivity contribution in [1.29, 1.82) is 0 Å². The first-order chi connectivity index (χ1) is 13.5. The third-order valence-corrected chi connectivity index (χ3v) is 6.47. The van der Waals surface area contributed by atoms with Crippen LogP contribution in [0.25, 0.3) is 22.0 Å². The van der Waals surface area contributed by atoms with E-state index in [-0.39, 0.29) is 4.90 Å². The van der Waals surface area contributed by atoms with Crippen molar-refractivity contribution in [3.05, 3.63) is 78.8 Å². The van der Waals surface area contributed by atoms with Gasteiger partial charge in [-0.2, -0.15) is 0 Å². The summed E-state index contributed by atoms with van der Waals surface area (Å²) in [5, 5.41) is 0.952. The van der Waals surface area contributed by atoms with Gasteiger partial charge < -0.3 is 5.73 Å². The molecular weight excluding hydrogens is 370 g/mol. The van der Waals surface area contributed by atoms with Gasteiger partial charge in [0.1, 0.15) is 4.90 Å². The number of rotatable bonds is 5. The second kappa shape index (κ2) is 7.13. The Balaban J connectivity index is 1.94. The molecule has 0 amide bonds. The van der Waals surface area contributed by atoms with Crippen LogP contribution in [-0.2, 0) is 16.4 Å². The van der Waals surface area contributed by atoms with Crippen LogP contribution in [0.4, 0.5) is 5.69 Å². The maximum Gasteiger partial charge on any atom is 0.269 e. The van der Waals surface area contributed by atoms with E-state index in [1.54, 1.807) is 24.5 Å². The monoisotopic (exact) mass is 391 g/mol. The van der Waals surface area contributed by atoms with Crippen molar-refractivity contribution >= 4 is 26.6 Å². The molecule has 2 aromatic carbocycles. The van der Waals surface area contributed by atoms with Gasteiger partial charge in [-0.3, -0.25) is 4.98 Å². The van der Waals surface area contributed by atoms with Gasteiger partial charge in [0, 0.05) is 29.7 Å². The Morgan fingerprint density at radius 2 is 1.79 bits per heavy atom. The molecule has 0 aliphatic heterocycles. The average molecular weight is 391 g/mol. The Bertz CT molecular complexity index is 1230. The zero-order chi connectivity index (χ0) is 19.7. The first-order valence-electron chi connectivity index (χ1n) is 9.16. The van der Waals surface area contributed by atoms with Crippen molar-refractivity contribution in [3.63, 3.8) is 0 Å². The van der Waals surface area contributed by atoms with E-state index in [0.717, 1.165) is 34.9 Å². The van der Waals surface area contributed by atoms with Crippen LogP contribution in [0.3, 0.4) is 0 Å². The van der Waals surface area contributed by atoms with E-state index in [1.165, 1.54) is 10.2 Å². The maximum absolute atomic E-state index is 13.3. The van der Waals surface area contributed by atoms with Gasteiger partial charge in [-0.05, 0) is 53.4 Å². The van der Waals surface area contributed by atoms with Gasteiger partial charge in [0.15, 0.2) is 0 Å². The number of nitrogens with zero attached hydrogens (tertiary/aromatic N) is 2. The zero-order valence-corrected chi connectivity index (χ0v) is 16.4. The third kappa shape index (κ3) is 3.16. The molecule has 0 fully saturated rings. The first kappa shape index (κ1) is 18.3. The van der Waals surface area contributed by atoms with E-state index in [9.17, 15) is 8.42 Å². The average Bonchev–Trinajstić information content (AvgIpc) is 3.08. The second-order valence-corrected chi connectivity index (χ2v) is 8.56. The number of nitrogen functional groups attached to an aromatic ring is 1. The molecule has 0 saturated carbocycles. The molecule has 2 heterocycles. The largest absolute Gasteiger partial charge is 0.399 e.